The van der Waals surface area contributed by atoms with Gasteiger partial charge in [-0.3, -0.25) is 9.59 Å². The van der Waals surface area contributed by atoms with Crippen molar-refractivity contribution in [3.8, 4) is 0 Å². The molecule has 4 nitrogen and oxygen atoms in total. The summed E-state index contributed by atoms with van der Waals surface area (Å²) in [5.41, 5.74) is 0.684. The summed E-state index contributed by atoms with van der Waals surface area (Å²) in [6.45, 7) is 4.56. The highest BCUT2D eigenvalue weighted by molar-refractivity contribution is 5.94. The summed E-state index contributed by atoms with van der Waals surface area (Å²) in [7, 11) is 0. The number of benzene rings is 1. The fraction of sp³-hybridized carbons (Fsp3) is 0.500. The Kier molecular flexibility index (Phi) is 7.40. The molecular formula is C16H24N2O2. The first kappa shape index (κ1) is 16.2. The van der Waals surface area contributed by atoms with Gasteiger partial charge in [0, 0.05) is 24.6 Å². The molecule has 110 valence electrons. The topological polar surface area (TPSA) is 58.2 Å². The van der Waals surface area contributed by atoms with Crippen molar-refractivity contribution in [2.45, 2.75) is 45.6 Å². The predicted octanol–water partition coefficient (Wildman–Crippen LogP) is 2.50. The molecule has 0 aliphatic rings. The van der Waals surface area contributed by atoms with Crippen LogP contribution >= 0.6 is 0 Å². The van der Waals surface area contributed by atoms with Gasteiger partial charge in [-0.15, -0.1) is 0 Å². The van der Waals surface area contributed by atoms with Crippen LogP contribution in [0.4, 0.5) is 0 Å². The van der Waals surface area contributed by atoms with Crippen molar-refractivity contribution in [1.82, 2.24) is 10.6 Å². The van der Waals surface area contributed by atoms with Gasteiger partial charge in [-0.05, 0) is 38.8 Å². The molecule has 0 fully saturated rings. The molecule has 2 N–H and O–H groups in total. The fourth-order valence-electron chi connectivity index (χ4n) is 1.87. The van der Waals surface area contributed by atoms with Crippen molar-refractivity contribution in [1.29, 1.82) is 0 Å². The Morgan fingerprint density at radius 1 is 1.05 bits per heavy atom. The molecule has 0 saturated carbocycles. The lowest BCUT2D eigenvalue weighted by Gasteiger charge is -2.08. The lowest BCUT2D eigenvalue weighted by atomic mass is 10.1. The SMILES string of the molecule is CC(C)NC(=O)CCCCCNC(=O)c1ccccc1. The van der Waals surface area contributed by atoms with Crippen LogP contribution in [0.25, 0.3) is 0 Å². The lowest BCUT2D eigenvalue weighted by Crippen LogP contribution is -2.29. The van der Waals surface area contributed by atoms with Crippen LogP contribution in [-0.4, -0.2) is 24.4 Å². The third-order valence-electron chi connectivity index (χ3n) is 2.85. The van der Waals surface area contributed by atoms with E-state index in [2.05, 4.69) is 10.6 Å². The molecule has 0 atom stereocenters. The van der Waals surface area contributed by atoms with Crippen LogP contribution in [0, 0.1) is 0 Å². The minimum atomic E-state index is -0.0387. The number of amides is 2. The van der Waals surface area contributed by atoms with Crippen LogP contribution in [0.2, 0.25) is 0 Å². The standard InChI is InChI=1S/C16H24N2O2/c1-13(2)18-15(19)11-7-4-8-12-17-16(20)14-9-5-3-6-10-14/h3,5-6,9-10,13H,4,7-8,11-12H2,1-2H3,(H,17,20)(H,18,19). The number of carbonyl (C=O) groups excluding carboxylic acids is 2. The number of rotatable bonds is 8. The van der Waals surface area contributed by atoms with Gasteiger partial charge in [-0.1, -0.05) is 24.6 Å². The maximum Gasteiger partial charge on any atom is 0.251 e. The second kappa shape index (κ2) is 9.13. The maximum absolute atomic E-state index is 11.7. The molecule has 0 unspecified atom stereocenters. The molecule has 1 aromatic rings. The largest absolute Gasteiger partial charge is 0.354 e. The number of hydrogen-bond acceptors (Lipinski definition) is 2. The molecule has 0 aliphatic heterocycles. The van der Waals surface area contributed by atoms with E-state index < -0.39 is 0 Å². The van der Waals surface area contributed by atoms with E-state index in [0.29, 0.717) is 18.5 Å². The van der Waals surface area contributed by atoms with E-state index in [9.17, 15) is 9.59 Å². The highest BCUT2D eigenvalue weighted by Crippen LogP contribution is 2.01. The quantitative estimate of drug-likeness (QED) is 0.717. The molecular weight excluding hydrogens is 252 g/mol. The van der Waals surface area contributed by atoms with Crippen molar-refractivity contribution < 1.29 is 9.59 Å². The first-order valence-corrected chi connectivity index (χ1v) is 7.22. The number of unbranched alkanes of at least 4 members (excludes halogenated alkanes) is 2. The van der Waals surface area contributed by atoms with Crippen LogP contribution in [0.15, 0.2) is 30.3 Å². The Hall–Kier alpha value is -1.84. The van der Waals surface area contributed by atoms with Gasteiger partial charge in [-0.2, -0.15) is 0 Å². The summed E-state index contributed by atoms with van der Waals surface area (Å²) in [5, 5.41) is 5.74. The molecule has 0 aromatic heterocycles. The van der Waals surface area contributed by atoms with Crippen molar-refractivity contribution in [3.05, 3.63) is 35.9 Å². The first-order valence-electron chi connectivity index (χ1n) is 7.22. The first-order chi connectivity index (χ1) is 9.59. The van der Waals surface area contributed by atoms with Gasteiger partial charge in [0.05, 0.1) is 0 Å². The van der Waals surface area contributed by atoms with Gasteiger partial charge in [0.15, 0.2) is 0 Å². The Balaban J connectivity index is 2.05. The summed E-state index contributed by atoms with van der Waals surface area (Å²) >= 11 is 0. The molecule has 4 heteroatoms. The lowest BCUT2D eigenvalue weighted by molar-refractivity contribution is -0.121. The van der Waals surface area contributed by atoms with E-state index in [1.807, 2.05) is 32.0 Å². The summed E-state index contributed by atoms with van der Waals surface area (Å²) in [4.78, 5) is 23.1. The normalized spacial score (nSPS) is 10.3. The highest BCUT2D eigenvalue weighted by Gasteiger charge is 2.04. The predicted molar refractivity (Wildman–Crippen MR) is 80.5 cm³/mol. The second-order valence-electron chi connectivity index (χ2n) is 5.15. The van der Waals surface area contributed by atoms with Gasteiger partial charge in [0.25, 0.3) is 5.91 Å². The van der Waals surface area contributed by atoms with Crippen LogP contribution in [0.3, 0.4) is 0 Å². The summed E-state index contributed by atoms with van der Waals surface area (Å²) in [5.74, 6) is 0.0662. The number of carbonyl (C=O) groups is 2. The van der Waals surface area contributed by atoms with Crippen LogP contribution in [0.1, 0.15) is 49.9 Å². The molecule has 20 heavy (non-hydrogen) atoms. The minimum absolute atomic E-state index is 0.0387. The average Bonchev–Trinajstić information content (AvgIpc) is 2.42. The average molecular weight is 276 g/mol. The van der Waals surface area contributed by atoms with Crippen LogP contribution in [0.5, 0.6) is 0 Å². The highest BCUT2D eigenvalue weighted by atomic mass is 16.2. The van der Waals surface area contributed by atoms with Crippen molar-refractivity contribution in [3.63, 3.8) is 0 Å². The molecule has 0 aliphatic carbocycles. The summed E-state index contributed by atoms with van der Waals surface area (Å²) < 4.78 is 0. The van der Waals surface area contributed by atoms with Gasteiger partial charge in [0.1, 0.15) is 0 Å². The molecule has 0 radical (unpaired) electrons. The molecule has 0 saturated heterocycles. The zero-order chi connectivity index (χ0) is 14.8. The third kappa shape index (κ3) is 6.92. The van der Waals surface area contributed by atoms with Gasteiger partial charge in [0.2, 0.25) is 5.91 Å². The van der Waals surface area contributed by atoms with Gasteiger partial charge in [-0.25, -0.2) is 0 Å². The second-order valence-corrected chi connectivity index (χ2v) is 5.15. The Bertz CT molecular complexity index is 416. The molecule has 0 bridgehead atoms. The fourth-order valence-corrected chi connectivity index (χ4v) is 1.87. The Morgan fingerprint density at radius 2 is 1.75 bits per heavy atom. The van der Waals surface area contributed by atoms with E-state index in [-0.39, 0.29) is 17.9 Å². The monoisotopic (exact) mass is 276 g/mol. The van der Waals surface area contributed by atoms with Gasteiger partial charge < -0.3 is 10.6 Å². The van der Waals surface area contributed by atoms with E-state index in [1.165, 1.54) is 0 Å². The van der Waals surface area contributed by atoms with Gasteiger partial charge >= 0.3 is 0 Å². The minimum Gasteiger partial charge on any atom is -0.354 e. The number of hydrogen-bond donors (Lipinski definition) is 2. The van der Waals surface area contributed by atoms with Crippen LogP contribution in [-0.2, 0) is 4.79 Å². The molecule has 0 heterocycles. The Morgan fingerprint density at radius 3 is 2.40 bits per heavy atom. The molecule has 0 spiro atoms. The van der Waals surface area contributed by atoms with E-state index in [1.54, 1.807) is 12.1 Å². The van der Waals surface area contributed by atoms with Crippen molar-refractivity contribution in [2.24, 2.45) is 0 Å². The zero-order valence-corrected chi connectivity index (χ0v) is 12.3. The summed E-state index contributed by atoms with van der Waals surface area (Å²) in [6, 6.07) is 9.38. The molecule has 1 aromatic carbocycles. The smallest absolute Gasteiger partial charge is 0.251 e. The maximum atomic E-state index is 11.7. The third-order valence-corrected chi connectivity index (χ3v) is 2.85. The Labute approximate surface area is 121 Å². The van der Waals surface area contributed by atoms with E-state index >= 15 is 0 Å². The zero-order valence-electron chi connectivity index (χ0n) is 12.3. The van der Waals surface area contributed by atoms with E-state index in [4.69, 9.17) is 0 Å². The van der Waals surface area contributed by atoms with Crippen molar-refractivity contribution >= 4 is 11.8 Å². The van der Waals surface area contributed by atoms with Crippen LogP contribution < -0.4 is 10.6 Å². The summed E-state index contributed by atoms with van der Waals surface area (Å²) in [6.07, 6.45) is 3.26. The molecule has 1 rings (SSSR count). The molecule has 2 amide bonds. The number of nitrogens with one attached hydrogen (secondary N) is 2. The van der Waals surface area contributed by atoms with E-state index in [0.717, 1.165) is 19.3 Å². The van der Waals surface area contributed by atoms with Crippen molar-refractivity contribution in [2.75, 3.05) is 6.54 Å².